The summed E-state index contributed by atoms with van der Waals surface area (Å²) in [5.74, 6) is -0.238. The average Bonchev–Trinajstić information content (AvgIpc) is 2.80. The standard InChI is InChI=1S/C23H29N3O6/c1-3-30-15-16-32-20-8-6-5-7-19(20)23(29)26-25-22(28)14-13-21(27)24-17-9-11-18(12-10-17)31-4-2/h5-12H,3-4,13-16H2,1-2H3,(H,24,27)(H,25,28)(H,26,29). The number of rotatable bonds is 12. The lowest BCUT2D eigenvalue weighted by molar-refractivity contribution is -0.124. The van der Waals surface area contributed by atoms with Gasteiger partial charge >= 0.3 is 0 Å². The zero-order chi connectivity index (χ0) is 23.2. The van der Waals surface area contributed by atoms with Crippen LogP contribution in [0, 0.1) is 0 Å². The van der Waals surface area contributed by atoms with Crippen molar-refractivity contribution in [2.24, 2.45) is 0 Å². The number of amides is 3. The van der Waals surface area contributed by atoms with E-state index >= 15 is 0 Å². The van der Waals surface area contributed by atoms with Crippen LogP contribution in [0.1, 0.15) is 37.0 Å². The maximum Gasteiger partial charge on any atom is 0.273 e. The second-order valence-corrected chi connectivity index (χ2v) is 6.55. The Labute approximate surface area is 187 Å². The Bertz CT molecular complexity index is 886. The molecule has 3 N–H and O–H groups in total. The van der Waals surface area contributed by atoms with Crippen molar-refractivity contribution in [1.82, 2.24) is 10.9 Å². The Morgan fingerprint density at radius 2 is 1.50 bits per heavy atom. The average molecular weight is 444 g/mol. The molecule has 0 fully saturated rings. The number of carbonyl (C=O) groups is 3. The number of benzene rings is 2. The summed E-state index contributed by atoms with van der Waals surface area (Å²) in [6, 6.07) is 13.6. The number of ether oxygens (including phenoxy) is 3. The van der Waals surface area contributed by atoms with Crippen molar-refractivity contribution >= 4 is 23.4 Å². The van der Waals surface area contributed by atoms with Crippen LogP contribution in [0.4, 0.5) is 5.69 Å². The Kier molecular flexibility index (Phi) is 10.5. The molecule has 0 radical (unpaired) electrons. The second-order valence-electron chi connectivity index (χ2n) is 6.55. The summed E-state index contributed by atoms with van der Waals surface area (Å²) in [5.41, 5.74) is 5.53. The first-order valence-electron chi connectivity index (χ1n) is 10.4. The van der Waals surface area contributed by atoms with Crippen LogP contribution in [0.2, 0.25) is 0 Å². The SMILES string of the molecule is CCOCCOc1ccccc1C(=O)NNC(=O)CCC(=O)Nc1ccc(OCC)cc1. The maximum atomic E-state index is 12.4. The topological polar surface area (TPSA) is 115 Å². The molecule has 0 atom stereocenters. The Morgan fingerprint density at radius 3 is 2.22 bits per heavy atom. The molecular formula is C23H29N3O6. The maximum absolute atomic E-state index is 12.4. The quantitative estimate of drug-likeness (QED) is 0.343. The van der Waals surface area contributed by atoms with Crippen LogP contribution < -0.4 is 25.6 Å². The largest absolute Gasteiger partial charge is 0.494 e. The van der Waals surface area contributed by atoms with E-state index in [0.29, 0.717) is 43.6 Å². The van der Waals surface area contributed by atoms with Gasteiger partial charge in [0.1, 0.15) is 18.1 Å². The minimum Gasteiger partial charge on any atom is -0.494 e. The minimum absolute atomic E-state index is 0.0357. The van der Waals surface area contributed by atoms with Gasteiger partial charge in [-0.2, -0.15) is 0 Å². The van der Waals surface area contributed by atoms with Gasteiger partial charge in [-0.15, -0.1) is 0 Å². The molecule has 0 saturated heterocycles. The lowest BCUT2D eigenvalue weighted by Crippen LogP contribution is -2.42. The van der Waals surface area contributed by atoms with Crippen molar-refractivity contribution in [3.63, 3.8) is 0 Å². The van der Waals surface area contributed by atoms with E-state index in [-0.39, 0.29) is 24.3 Å². The third-order valence-electron chi connectivity index (χ3n) is 4.16. The highest BCUT2D eigenvalue weighted by molar-refractivity contribution is 5.98. The summed E-state index contributed by atoms with van der Waals surface area (Å²) >= 11 is 0. The fourth-order valence-electron chi connectivity index (χ4n) is 2.64. The smallest absolute Gasteiger partial charge is 0.273 e. The molecule has 0 aliphatic rings. The van der Waals surface area contributed by atoms with E-state index in [1.165, 1.54) is 0 Å². The van der Waals surface area contributed by atoms with E-state index in [1.54, 1.807) is 48.5 Å². The number of hydrazine groups is 1. The van der Waals surface area contributed by atoms with Gasteiger partial charge in [-0.05, 0) is 50.2 Å². The van der Waals surface area contributed by atoms with Crippen molar-refractivity contribution in [2.75, 3.05) is 31.7 Å². The van der Waals surface area contributed by atoms with E-state index < -0.39 is 11.8 Å². The van der Waals surface area contributed by atoms with E-state index in [2.05, 4.69) is 16.2 Å². The molecule has 9 heteroatoms. The fourth-order valence-corrected chi connectivity index (χ4v) is 2.64. The molecule has 0 heterocycles. The van der Waals surface area contributed by atoms with Crippen LogP contribution in [-0.2, 0) is 14.3 Å². The molecule has 0 aliphatic carbocycles. The Hall–Kier alpha value is -3.59. The van der Waals surface area contributed by atoms with Crippen molar-refractivity contribution in [3.05, 3.63) is 54.1 Å². The number of hydrogen-bond acceptors (Lipinski definition) is 6. The lowest BCUT2D eigenvalue weighted by Gasteiger charge is -2.12. The summed E-state index contributed by atoms with van der Waals surface area (Å²) in [4.78, 5) is 36.4. The first-order chi connectivity index (χ1) is 15.5. The molecule has 0 saturated carbocycles. The van der Waals surface area contributed by atoms with E-state index in [1.807, 2.05) is 13.8 Å². The molecule has 32 heavy (non-hydrogen) atoms. The normalized spacial score (nSPS) is 10.2. The summed E-state index contributed by atoms with van der Waals surface area (Å²) in [5, 5.41) is 2.70. The summed E-state index contributed by atoms with van der Waals surface area (Å²) in [7, 11) is 0. The van der Waals surface area contributed by atoms with E-state index in [0.717, 1.165) is 0 Å². The third kappa shape index (κ3) is 8.65. The van der Waals surface area contributed by atoms with Crippen LogP contribution in [0.25, 0.3) is 0 Å². The van der Waals surface area contributed by atoms with Crippen molar-refractivity contribution in [2.45, 2.75) is 26.7 Å². The molecule has 172 valence electrons. The fraction of sp³-hybridized carbons (Fsp3) is 0.348. The highest BCUT2D eigenvalue weighted by Crippen LogP contribution is 2.18. The van der Waals surface area contributed by atoms with Gasteiger partial charge in [0.25, 0.3) is 5.91 Å². The molecule has 0 aliphatic heterocycles. The van der Waals surface area contributed by atoms with Gasteiger partial charge in [-0.25, -0.2) is 0 Å². The van der Waals surface area contributed by atoms with Crippen LogP contribution in [-0.4, -0.2) is 44.1 Å². The first-order valence-corrected chi connectivity index (χ1v) is 10.4. The molecule has 0 bridgehead atoms. The molecule has 0 spiro atoms. The van der Waals surface area contributed by atoms with E-state index in [9.17, 15) is 14.4 Å². The minimum atomic E-state index is -0.524. The predicted molar refractivity (Wildman–Crippen MR) is 120 cm³/mol. The van der Waals surface area contributed by atoms with Gasteiger partial charge in [0.05, 0.1) is 18.8 Å². The number of hydrogen-bond donors (Lipinski definition) is 3. The molecular weight excluding hydrogens is 414 g/mol. The van der Waals surface area contributed by atoms with Crippen LogP contribution in [0.5, 0.6) is 11.5 Å². The first kappa shape index (κ1) is 24.7. The van der Waals surface area contributed by atoms with Crippen LogP contribution in [0.15, 0.2) is 48.5 Å². The molecule has 2 aromatic carbocycles. The molecule has 9 nitrogen and oxygen atoms in total. The van der Waals surface area contributed by atoms with Crippen LogP contribution in [0.3, 0.4) is 0 Å². The number of nitrogens with one attached hydrogen (secondary N) is 3. The number of anilines is 1. The van der Waals surface area contributed by atoms with E-state index in [4.69, 9.17) is 14.2 Å². The molecule has 3 amide bonds. The highest BCUT2D eigenvalue weighted by Gasteiger charge is 2.14. The van der Waals surface area contributed by atoms with Crippen LogP contribution >= 0.6 is 0 Å². The Balaban J connectivity index is 1.74. The third-order valence-corrected chi connectivity index (χ3v) is 4.16. The monoisotopic (exact) mass is 443 g/mol. The number of para-hydroxylation sites is 1. The Morgan fingerprint density at radius 1 is 0.781 bits per heavy atom. The van der Waals surface area contributed by atoms with Gasteiger partial charge in [0, 0.05) is 25.1 Å². The molecule has 2 rings (SSSR count). The zero-order valence-corrected chi connectivity index (χ0v) is 18.3. The predicted octanol–water partition coefficient (Wildman–Crippen LogP) is 2.68. The summed E-state index contributed by atoms with van der Waals surface area (Å²) in [6.07, 6.45) is -0.123. The summed E-state index contributed by atoms with van der Waals surface area (Å²) < 4.78 is 16.1. The second kappa shape index (κ2) is 13.7. The molecule has 2 aromatic rings. The summed E-state index contributed by atoms with van der Waals surface area (Å²) in [6.45, 7) is 5.61. The molecule has 0 unspecified atom stereocenters. The molecule has 0 aromatic heterocycles. The van der Waals surface area contributed by atoms with Crippen molar-refractivity contribution < 1.29 is 28.6 Å². The lowest BCUT2D eigenvalue weighted by atomic mass is 10.2. The van der Waals surface area contributed by atoms with Gasteiger partial charge in [-0.3, -0.25) is 25.2 Å². The van der Waals surface area contributed by atoms with Crippen molar-refractivity contribution in [1.29, 1.82) is 0 Å². The van der Waals surface area contributed by atoms with Crippen molar-refractivity contribution in [3.8, 4) is 11.5 Å². The van der Waals surface area contributed by atoms with Gasteiger partial charge in [-0.1, -0.05) is 12.1 Å². The highest BCUT2D eigenvalue weighted by atomic mass is 16.5. The zero-order valence-electron chi connectivity index (χ0n) is 18.3. The van der Waals surface area contributed by atoms with Gasteiger partial charge in [0.2, 0.25) is 11.8 Å². The number of carbonyl (C=O) groups excluding carboxylic acids is 3. The van der Waals surface area contributed by atoms with Gasteiger partial charge < -0.3 is 19.5 Å². The van der Waals surface area contributed by atoms with Gasteiger partial charge in [0.15, 0.2) is 0 Å².